The first-order valence-electron chi connectivity index (χ1n) is 8.91. The lowest BCUT2D eigenvalue weighted by Gasteiger charge is -2.21. The van der Waals surface area contributed by atoms with E-state index in [0.29, 0.717) is 22.8 Å². The Balaban J connectivity index is 2.09. The van der Waals surface area contributed by atoms with Crippen LogP contribution >= 0.6 is 0 Å². The van der Waals surface area contributed by atoms with Crippen molar-refractivity contribution in [3.05, 3.63) is 57.1 Å². The predicted octanol–water partition coefficient (Wildman–Crippen LogP) is 3.17. The molecule has 3 rings (SSSR count). The number of hydrogen-bond acceptors (Lipinski definition) is 8. The molecule has 1 aliphatic heterocycles. The number of rotatable bonds is 6. The number of aryl methyl sites for hydroxylation is 1. The maximum atomic E-state index is 12.2. The zero-order chi connectivity index (χ0) is 22.0. The molecule has 0 aliphatic carbocycles. The number of methoxy groups -OCH3 is 3. The van der Waals surface area contributed by atoms with Gasteiger partial charge in [0.25, 0.3) is 5.69 Å². The van der Waals surface area contributed by atoms with E-state index in [1.54, 1.807) is 31.2 Å². The maximum absolute atomic E-state index is 12.2. The molecule has 2 aromatic carbocycles. The first kappa shape index (κ1) is 20.9. The summed E-state index contributed by atoms with van der Waals surface area (Å²) in [6.07, 6.45) is -0.966. The van der Waals surface area contributed by atoms with Crippen molar-refractivity contribution < 1.29 is 28.7 Å². The Bertz CT molecular complexity index is 1010. The molecule has 0 fully saturated rings. The van der Waals surface area contributed by atoms with Gasteiger partial charge in [0.05, 0.1) is 26.3 Å². The Labute approximate surface area is 172 Å². The second-order valence-corrected chi connectivity index (χ2v) is 6.48. The van der Waals surface area contributed by atoms with E-state index >= 15 is 0 Å². The summed E-state index contributed by atoms with van der Waals surface area (Å²) in [5, 5.41) is 16.8. The number of nitrogens with zero attached hydrogens (tertiary/aromatic N) is 3. The maximum Gasteiger partial charge on any atom is 0.282 e. The van der Waals surface area contributed by atoms with E-state index in [1.165, 1.54) is 34.3 Å². The fourth-order valence-electron chi connectivity index (χ4n) is 3.12. The fourth-order valence-corrected chi connectivity index (χ4v) is 3.12. The summed E-state index contributed by atoms with van der Waals surface area (Å²) in [7, 11) is 4.42. The molecule has 0 radical (unpaired) electrons. The highest BCUT2D eigenvalue weighted by molar-refractivity contribution is 6.00. The van der Waals surface area contributed by atoms with E-state index in [4.69, 9.17) is 18.9 Å². The standard InChI is InChI=1S/C20H21N3O7/c1-11-6-7-15(23(25)26)14(8-11)19-21-22(12(2)24)20(30-19)13-9-16(27-3)18(29-5)17(10-13)28-4/h6-10,20H,1-5H3. The first-order chi connectivity index (χ1) is 14.3. The topological polar surface area (TPSA) is 113 Å². The molecule has 0 saturated heterocycles. The van der Waals surface area contributed by atoms with Crippen LogP contribution in [0.25, 0.3) is 0 Å². The summed E-state index contributed by atoms with van der Waals surface area (Å²) in [5.74, 6) is 0.688. The van der Waals surface area contributed by atoms with Crippen LogP contribution in [-0.2, 0) is 9.53 Å². The zero-order valence-electron chi connectivity index (χ0n) is 17.2. The Kier molecular flexibility index (Phi) is 5.77. The van der Waals surface area contributed by atoms with Crippen molar-refractivity contribution in [1.82, 2.24) is 5.01 Å². The number of ether oxygens (including phenoxy) is 4. The van der Waals surface area contributed by atoms with Crippen molar-refractivity contribution in [2.45, 2.75) is 20.1 Å². The van der Waals surface area contributed by atoms with Gasteiger partial charge in [-0.05, 0) is 30.7 Å². The number of nitro benzene ring substituents is 1. The summed E-state index contributed by atoms with van der Waals surface area (Å²) >= 11 is 0. The predicted molar refractivity (Wildman–Crippen MR) is 107 cm³/mol. The van der Waals surface area contributed by atoms with Crippen LogP contribution in [0.2, 0.25) is 0 Å². The highest BCUT2D eigenvalue weighted by Gasteiger charge is 2.36. The Hall–Kier alpha value is -3.82. The number of hydrazone groups is 1. The average Bonchev–Trinajstić information content (AvgIpc) is 3.18. The highest BCUT2D eigenvalue weighted by atomic mass is 16.6. The van der Waals surface area contributed by atoms with Crippen LogP contribution < -0.4 is 14.2 Å². The van der Waals surface area contributed by atoms with Gasteiger partial charge in [-0.15, -0.1) is 5.10 Å². The van der Waals surface area contributed by atoms with Crippen LogP contribution in [0.1, 0.15) is 29.8 Å². The molecule has 158 valence electrons. The van der Waals surface area contributed by atoms with Crippen LogP contribution in [0.4, 0.5) is 5.69 Å². The number of hydrogen-bond donors (Lipinski definition) is 0. The summed E-state index contributed by atoms with van der Waals surface area (Å²) in [6, 6.07) is 7.85. The van der Waals surface area contributed by atoms with Gasteiger partial charge in [0.1, 0.15) is 5.56 Å². The van der Waals surface area contributed by atoms with Crippen LogP contribution in [0.15, 0.2) is 35.4 Å². The van der Waals surface area contributed by atoms with Gasteiger partial charge in [-0.1, -0.05) is 6.07 Å². The van der Waals surface area contributed by atoms with E-state index < -0.39 is 17.1 Å². The van der Waals surface area contributed by atoms with Gasteiger partial charge in [0.15, 0.2) is 11.5 Å². The minimum Gasteiger partial charge on any atom is -0.493 e. The number of amides is 1. The molecule has 1 atom stereocenters. The molecule has 0 bridgehead atoms. The molecule has 2 aromatic rings. The van der Waals surface area contributed by atoms with Crippen molar-refractivity contribution in [2.75, 3.05) is 21.3 Å². The minimum atomic E-state index is -0.966. The lowest BCUT2D eigenvalue weighted by Crippen LogP contribution is -2.25. The van der Waals surface area contributed by atoms with Crippen molar-refractivity contribution in [3.63, 3.8) is 0 Å². The minimum absolute atomic E-state index is 0.0284. The van der Waals surface area contributed by atoms with E-state index in [0.717, 1.165) is 10.6 Å². The number of benzene rings is 2. The quantitative estimate of drug-likeness (QED) is 0.526. The lowest BCUT2D eigenvalue weighted by atomic mass is 10.1. The van der Waals surface area contributed by atoms with Gasteiger partial charge in [0, 0.05) is 18.6 Å². The molecular formula is C20H21N3O7. The molecule has 0 N–H and O–H groups in total. The largest absolute Gasteiger partial charge is 0.493 e. The third-order valence-electron chi connectivity index (χ3n) is 4.52. The highest BCUT2D eigenvalue weighted by Crippen LogP contribution is 2.42. The van der Waals surface area contributed by atoms with Crippen molar-refractivity contribution in [1.29, 1.82) is 0 Å². The van der Waals surface area contributed by atoms with Crippen molar-refractivity contribution in [3.8, 4) is 17.2 Å². The second kappa shape index (κ2) is 8.27. The van der Waals surface area contributed by atoms with Crippen LogP contribution in [0.5, 0.6) is 17.2 Å². The molecule has 0 spiro atoms. The molecule has 1 unspecified atom stereocenters. The molecule has 30 heavy (non-hydrogen) atoms. The summed E-state index contributed by atoms with van der Waals surface area (Å²) in [5.41, 5.74) is 1.29. The molecule has 10 nitrogen and oxygen atoms in total. The van der Waals surface area contributed by atoms with Crippen molar-refractivity contribution in [2.24, 2.45) is 5.10 Å². The summed E-state index contributed by atoms with van der Waals surface area (Å²) < 4.78 is 22.0. The third-order valence-corrected chi connectivity index (χ3v) is 4.52. The van der Waals surface area contributed by atoms with Gasteiger partial charge in [0.2, 0.25) is 23.8 Å². The fraction of sp³-hybridized carbons (Fsp3) is 0.300. The van der Waals surface area contributed by atoms with Crippen LogP contribution in [0.3, 0.4) is 0 Å². The molecule has 10 heteroatoms. The zero-order valence-corrected chi connectivity index (χ0v) is 17.2. The molecule has 0 saturated carbocycles. The van der Waals surface area contributed by atoms with Gasteiger partial charge in [-0.2, -0.15) is 5.01 Å². The second-order valence-electron chi connectivity index (χ2n) is 6.48. The Morgan fingerprint density at radius 3 is 2.27 bits per heavy atom. The van der Waals surface area contributed by atoms with E-state index in [2.05, 4.69) is 5.10 Å². The molecule has 1 heterocycles. The third kappa shape index (κ3) is 3.71. The number of nitro groups is 1. The van der Waals surface area contributed by atoms with E-state index in [1.807, 2.05) is 0 Å². The first-order valence-corrected chi connectivity index (χ1v) is 8.91. The molecule has 0 aromatic heterocycles. The van der Waals surface area contributed by atoms with Gasteiger partial charge >= 0.3 is 0 Å². The molecule has 1 amide bonds. The SMILES string of the molecule is COc1cc(C2OC(c3cc(C)ccc3[N+](=O)[O-])=NN2C(C)=O)cc(OC)c1OC. The Morgan fingerprint density at radius 1 is 1.13 bits per heavy atom. The lowest BCUT2D eigenvalue weighted by molar-refractivity contribution is -0.385. The molecule has 1 aliphatic rings. The van der Waals surface area contributed by atoms with Crippen LogP contribution in [0, 0.1) is 17.0 Å². The van der Waals surface area contributed by atoms with Gasteiger partial charge < -0.3 is 18.9 Å². The summed E-state index contributed by atoms with van der Waals surface area (Å²) in [4.78, 5) is 23.2. The van der Waals surface area contributed by atoms with Crippen LogP contribution in [-0.4, -0.2) is 43.1 Å². The summed E-state index contributed by atoms with van der Waals surface area (Å²) in [6.45, 7) is 3.12. The van der Waals surface area contributed by atoms with Gasteiger partial charge in [-0.25, -0.2) is 0 Å². The van der Waals surface area contributed by atoms with Gasteiger partial charge in [-0.3, -0.25) is 14.9 Å². The normalized spacial score (nSPS) is 15.3. The monoisotopic (exact) mass is 415 g/mol. The average molecular weight is 415 g/mol. The number of carbonyl (C=O) groups excluding carboxylic acids is 1. The molecular weight excluding hydrogens is 394 g/mol. The van der Waals surface area contributed by atoms with E-state index in [9.17, 15) is 14.9 Å². The Morgan fingerprint density at radius 2 is 1.77 bits per heavy atom. The van der Waals surface area contributed by atoms with Crippen molar-refractivity contribution >= 4 is 17.5 Å². The number of carbonyl (C=O) groups is 1. The smallest absolute Gasteiger partial charge is 0.282 e. The van der Waals surface area contributed by atoms with E-state index in [-0.39, 0.29) is 17.1 Å².